The van der Waals surface area contributed by atoms with Crippen LogP contribution in [0, 0.1) is 0 Å². The highest BCUT2D eigenvalue weighted by Crippen LogP contribution is 2.21. The molecule has 0 aliphatic heterocycles. The predicted octanol–water partition coefficient (Wildman–Crippen LogP) is 5.30. The van der Waals surface area contributed by atoms with Gasteiger partial charge in [0.05, 0.1) is 0 Å². The lowest BCUT2D eigenvalue weighted by Crippen LogP contribution is -2.27. The molecule has 22 heavy (non-hydrogen) atoms. The van der Waals surface area contributed by atoms with Crippen LogP contribution in [0.4, 0.5) is 0 Å². The highest BCUT2D eigenvalue weighted by Gasteiger charge is 2.11. The van der Waals surface area contributed by atoms with Gasteiger partial charge in [-0.15, -0.1) is 0 Å². The summed E-state index contributed by atoms with van der Waals surface area (Å²) in [6.07, 6.45) is 8.34. The monoisotopic (exact) mass is 352 g/mol. The first-order valence-electron chi connectivity index (χ1n) is 9.16. The minimum atomic E-state index is -1.73. The molecule has 0 aromatic rings. The van der Waals surface area contributed by atoms with Crippen LogP contribution in [0.1, 0.15) is 80.1 Å². The van der Waals surface area contributed by atoms with Crippen molar-refractivity contribution in [1.29, 1.82) is 0 Å². The van der Waals surface area contributed by atoms with Gasteiger partial charge in [0.1, 0.15) is 0 Å². The Kier molecular flexibility index (Phi) is 24.1. The Morgan fingerprint density at radius 1 is 0.773 bits per heavy atom. The zero-order chi connectivity index (χ0) is 17.1. The van der Waals surface area contributed by atoms with Crippen LogP contribution in [0.15, 0.2) is 0 Å². The Balaban J connectivity index is 0. The molecular formula is C17H40O3SSi. The van der Waals surface area contributed by atoms with E-state index < -0.39 is 9.53 Å². The van der Waals surface area contributed by atoms with Crippen molar-refractivity contribution < 1.29 is 13.3 Å². The fourth-order valence-corrected chi connectivity index (χ4v) is 4.11. The summed E-state index contributed by atoms with van der Waals surface area (Å²) in [5, 5.41) is 0.941. The second-order valence-corrected chi connectivity index (χ2v) is 8.04. The van der Waals surface area contributed by atoms with Crippen molar-refractivity contribution in [3.63, 3.8) is 0 Å². The second-order valence-electron chi connectivity index (χ2n) is 5.05. The summed E-state index contributed by atoms with van der Waals surface area (Å²) < 4.78 is 15.7. The summed E-state index contributed by atoms with van der Waals surface area (Å²) in [7, 11) is -1.73. The van der Waals surface area contributed by atoms with Crippen LogP contribution in [0.25, 0.3) is 0 Å². The molecule has 0 spiro atoms. The average Bonchev–Trinajstić information content (AvgIpc) is 2.52. The first kappa shape index (κ1) is 24.7. The molecule has 0 fully saturated rings. The van der Waals surface area contributed by atoms with Gasteiger partial charge < -0.3 is 13.3 Å². The van der Waals surface area contributed by atoms with Crippen molar-refractivity contribution in [3.8, 4) is 0 Å². The van der Waals surface area contributed by atoms with E-state index in [4.69, 9.17) is 13.3 Å². The molecule has 0 aromatic carbocycles. The fourth-order valence-electron chi connectivity index (χ4n) is 1.86. The second kappa shape index (κ2) is 21.4. The summed E-state index contributed by atoms with van der Waals surface area (Å²) in [5.74, 6) is 1.35. The molecule has 0 amide bonds. The van der Waals surface area contributed by atoms with Crippen molar-refractivity contribution in [1.82, 2.24) is 0 Å². The van der Waals surface area contributed by atoms with Crippen LogP contribution in [-0.4, -0.2) is 40.4 Å². The summed E-state index contributed by atoms with van der Waals surface area (Å²) in [6.45, 7) is 14.7. The molecule has 0 aromatic heterocycles. The molecule has 0 heterocycles. The van der Waals surface area contributed by atoms with Crippen molar-refractivity contribution in [2.75, 3.05) is 25.6 Å². The first-order chi connectivity index (χ1) is 10.7. The highest BCUT2D eigenvalue weighted by atomic mass is 32.2. The minimum Gasteiger partial charge on any atom is -0.376 e. The molecular weight excluding hydrogens is 312 g/mol. The summed E-state index contributed by atoms with van der Waals surface area (Å²) in [5.41, 5.74) is 0. The number of rotatable bonds is 14. The SMILES string of the molecule is CCCCCC(CC)SCCC.CCO[SiH](OCC)OCC. The summed E-state index contributed by atoms with van der Waals surface area (Å²) in [6, 6.07) is 0. The molecule has 136 valence electrons. The van der Waals surface area contributed by atoms with Crippen molar-refractivity contribution >= 4 is 21.3 Å². The highest BCUT2D eigenvalue weighted by molar-refractivity contribution is 7.99. The number of unbranched alkanes of at least 4 members (excludes halogenated alkanes) is 2. The molecule has 5 heteroatoms. The topological polar surface area (TPSA) is 27.7 Å². The summed E-state index contributed by atoms with van der Waals surface area (Å²) in [4.78, 5) is 0. The van der Waals surface area contributed by atoms with Gasteiger partial charge in [-0.05, 0) is 45.8 Å². The van der Waals surface area contributed by atoms with Gasteiger partial charge >= 0.3 is 9.53 Å². The van der Waals surface area contributed by atoms with E-state index in [1.807, 2.05) is 20.8 Å². The van der Waals surface area contributed by atoms with Crippen LogP contribution < -0.4 is 0 Å². The molecule has 1 unspecified atom stereocenters. The van der Waals surface area contributed by atoms with E-state index in [-0.39, 0.29) is 0 Å². The van der Waals surface area contributed by atoms with Crippen molar-refractivity contribution in [2.24, 2.45) is 0 Å². The van der Waals surface area contributed by atoms with Crippen LogP contribution in [0.3, 0.4) is 0 Å². The van der Waals surface area contributed by atoms with Gasteiger partial charge in [0.2, 0.25) is 0 Å². The normalized spacial score (nSPS) is 12.1. The Morgan fingerprint density at radius 2 is 1.32 bits per heavy atom. The van der Waals surface area contributed by atoms with E-state index in [0.29, 0.717) is 19.8 Å². The first-order valence-corrected chi connectivity index (χ1v) is 11.6. The van der Waals surface area contributed by atoms with E-state index >= 15 is 0 Å². The smallest absolute Gasteiger partial charge is 0.376 e. The zero-order valence-corrected chi connectivity index (χ0v) is 17.8. The van der Waals surface area contributed by atoms with Gasteiger partial charge in [0.25, 0.3) is 0 Å². The van der Waals surface area contributed by atoms with E-state index in [0.717, 1.165) is 5.25 Å². The van der Waals surface area contributed by atoms with E-state index in [1.54, 1.807) is 0 Å². The molecule has 0 rings (SSSR count). The van der Waals surface area contributed by atoms with Gasteiger partial charge in [-0.25, -0.2) is 0 Å². The zero-order valence-electron chi connectivity index (χ0n) is 15.9. The molecule has 1 atom stereocenters. The largest absolute Gasteiger partial charge is 0.484 e. The molecule has 0 radical (unpaired) electrons. The van der Waals surface area contributed by atoms with Gasteiger partial charge in [0.15, 0.2) is 0 Å². The fraction of sp³-hybridized carbons (Fsp3) is 1.00. The molecule has 0 saturated heterocycles. The Bertz CT molecular complexity index is 182. The molecule has 0 bridgehead atoms. The number of thioether (sulfide) groups is 1. The third-order valence-corrected chi connectivity index (χ3v) is 6.55. The maximum Gasteiger partial charge on any atom is 0.484 e. The lowest BCUT2D eigenvalue weighted by atomic mass is 10.1. The van der Waals surface area contributed by atoms with Crippen molar-refractivity contribution in [2.45, 2.75) is 85.3 Å². The summed E-state index contributed by atoms with van der Waals surface area (Å²) >= 11 is 2.17. The standard InChI is InChI=1S/C11H24S.C6H16O3Si/c1-4-7-8-9-11(6-3)12-10-5-2;1-4-7-10(8-5-2)9-6-3/h11H,4-10H2,1-3H3;10H,4-6H2,1-3H3. The maximum absolute atomic E-state index is 5.22. The van der Waals surface area contributed by atoms with Crippen molar-refractivity contribution in [3.05, 3.63) is 0 Å². The minimum absolute atomic E-state index is 0.677. The quantitative estimate of drug-likeness (QED) is 0.313. The average molecular weight is 353 g/mol. The lowest BCUT2D eigenvalue weighted by Gasteiger charge is -2.13. The van der Waals surface area contributed by atoms with Crippen LogP contribution >= 0.6 is 11.8 Å². The Labute approximate surface area is 145 Å². The van der Waals surface area contributed by atoms with Crippen LogP contribution in [0.2, 0.25) is 0 Å². The molecule has 0 saturated carbocycles. The molecule has 0 N–H and O–H groups in total. The maximum atomic E-state index is 5.22. The van der Waals surface area contributed by atoms with E-state index in [9.17, 15) is 0 Å². The lowest BCUT2D eigenvalue weighted by molar-refractivity contribution is 0.107. The molecule has 0 aliphatic carbocycles. The van der Waals surface area contributed by atoms with Crippen LogP contribution in [0.5, 0.6) is 0 Å². The van der Waals surface area contributed by atoms with Gasteiger partial charge in [-0.2, -0.15) is 11.8 Å². The van der Waals surface area contributed by atoms with E-state index in [1.165, 1.54) is 44.3 Å². The van der Waals surface area contributed by atoms with Crippen LogP contribution in [-0.2, 0) is 13.3 Å². The van der Waals surface area contributed by atoms with Gasteiger partial charge in [-0.1, -0.05) is 40.0 Å². The Morgan fingerprint density at radius 3 is 1.68 bits per heavy atom. The number of hydrogen-bond donors (Lipinski definition) is 0. The third-order valence-electron chi connectivity index (χ3n) is 3.05. The Hall–Kier alpha value is 0.447. The molecule has 3 nitrogen and oxygen atoms in total. The van der Waals surface area contributed by atoms with Gasteiger partial charge in [-0.3, -0.25) is 0 Å². The molecule has 0 aliphatic rings. The van der Waals surface area contributed by atoms with Gasteiger partial charge in [0, 0.05) is 25.1 Å². The van der Waals surface area contributed by atoms with E-state index in [2.05, 4.69) is 32.5 Å². The predicted molar refractivity (Wildman–Crippen MR) is 103 cm³/mol. The number of hydrogen-bond acceptors (Lipinski definition) is 4. The third kappa shape index (κ3) is 18.5.